The molecule has 2 saturated heterocycles. The minimum absolute atomic E-state index is 0.0136. The normalized spacial score (nSPS) is 18.8. The van der Waals surface area contributed by atoms with Gasteiger partial charge in [-0.05, 0) is 73.6 Å². The smallest absolute Gasteiger partial charge is 0.247 e. The Bertz CT molecular complexity index is 1140. The van der Waals surface area contributed by atoms with Gasteiger partial charge in [0.25, 0.3) is 0 Å². The molecule has 2 atom stereocenters. The monoisotopic (exact) mass is 580 g/mol. The lowest BCUT2D eigenvalue weighted by atomic mass is 10.1. The summed E-state index contributed by atoms with van der Waals surface area (Å²) in [6.07, 6.45) is 10.8. The number of hydrogen-bond acceptors (Lipinski definition) is 6. The van der Waals surface area contributed by atoms with E-state index in [1.54, 1.807) is 9.80 Å². The van der Waals surface area contributed by atoms with Crippen LogP contribution in [0.2, 0.25) is 0 Å². The van der Waals surface area contributed by atoms with Crippen LogP contribution >= 0.6 is 23.5 Å². The second-order valence-electron chi connectivity index (χ2n) is 9.91. The number of benzene rings is 2. The summed E-state index contributed by atoms with van der Waals surface area (Å²) in [4.78, 5) is 53.6. The van der Waals surface area contributed by atoms with Crippen LogP contribution in [0, 0.1) is 0 Å². The predicted molar refractivity (Wildman–Crippen MR) is 165 cm³/mol. The molecule has 2 N–H and O–H groups in total. The van der Waals surface area contributed by atoms with E-state index in [9.17, 15) is 19.2 Å². The lowest BCUT2D eigenvalue weighted by Crippen LogP contribution is -2.43. The van der Waals surface area contributed by atoms with E-state index in [0.717, 1.165) is 24.0 Å². The fourth-order valence-corrected chi connectivity index (χ4v) is 5.91. The summed E-state index contributed by atoms with van der Waals surface area (Å²) < 4.78 is 0. The van der Waals surface area contributed by atoms with E-state index in [-0.39, 0.29) is 23.6 Å². The van der Waals surface area contributed by atoms with Crippen LogP contribution in [0.25, 0.3) is 12.2 Å². The molecule has 2 aliphatic rings. The summed E-state index contributed by atoms with van der Waals surface area (Å²) in [7, 11) is 0. The van der Waals surface area contributed by atoms with Crippen LogP contribution in [0.15, 0.2) is 48.5 Å². The number of carbonyl (C=O) groups excluding carboxylic acids is 4. The van der Waals surface area contributed by atoms with Crippen molar-refractivity contribution in [2.24, 2.45) is 0 Å². The fraction of sp³-hybridized carbons (Fsp3) is 0.400. The summed E-state index contributed by atoms with van der Waals surface area (Å²) in [6.45, 7) is 1.26. The summed E-state index contributed by atoms with van der Waals surface area (Å²) in [5, 5.41) is 5.90. The molecule has 2 aromatic rings. The van der Waals surface area contributed by atoms with Crippen LogP contribution in [-0.2, 0) is 19.2 Å². The quantitative estimate of drug-likeness (QED) is 0.403. The van der Waals surface area contributed by atoms with Crippen molar-refractivity contribution >= 4 is 70.7 Å². The van der Waals surface area contributed by atoms with Gasteiger partial charge in [0.15, 0.2) is 0 Å². The zero-order valence-electron chi connectivity index (χ0n) is 22.9. The van der Waals surface area contributed by atoms with E-state index in [0.29, 0.717) is 48.8 Å². The van der Waals surface area contributed by atoms with Crippen molar-refractivity contribution in [1.29, 1.82) is 0 Å². The number of amides is 4. The van der Waals surface area contributed by atoms with Crippen LogP contribution < -0.4 is 10.6 Å². The Morgan fingerprint density at radius 2 is 1.07 bits per heavy atom. The Morgan fingerprint density at radius 3 is 1.43 bits per heavy atom. The maximum atomic E-state index is 12.8. The zero-order chi connectivity index (χ0) is 28.5. The third kappa shape index (κ3) is 7.69. The molecular formula is C30H36N4O4S2. The van der Waals surface area contributed by atoms with Gasteiger partial charge in [-0.1, -0.05) is 36.4 Å². The van der Waals surface area contributed by atoms with Crippen molar-refractivity contribution in [3.63, 3.8) is 0 Å². The average Bonchev–Trinajstić information content (AvgIpc) is 3.64. The fourth-order valence-electron chi connectivity index (χ4n) is 5.09. The Hall–Kier alpha value is -3.24. The number of nitrogens with one attached hydrogen (secondary N) is 2. The first-order chi connectivity index (χ1) is 19.4. The third-order valence-corrected chi connectivity index (χ3v) is 8.18. The third-order valence-electron chi connectivity index (χ3n) is 7.11. The maximum absolute atomic E-state index is 12.8. The number of hydrogen-bond donors (Lipinski definition) is 2. The SMILES string of the molecule is CSCC(=O)N1CCC[C@H]1C(=O)Nc1ccc(/C=C/c2ccc(NC(=O)[C@@H]3CCCN3C(=O)CSC)cc2)cc1. The molecule has 4 amide bonds. The second kappa shape index (κ2) is 14.4. The largest absolute Gasteiger partial charge is 0.330 e. The average molecular weight is 581 g/mol. The molecule has 10 heteroatoms. The Kier molecular flexibility index (Phi) is 10.7. The van der Waals surface area contributed by atoms with Crippen molar-refractivity contribution in [1.82, 2.24) is 9.80 Å². The molecule has 2 heterocycles. The van der Waals surface area contributed by atoms with Crippen LogP contribution in [0.5, 0.6) is 0 Å². The minimum atomic E-state index is -0.410. The van der Waals surface area contributed by atoms with Crippen LogP contribution in [0.3, 0.4) is 0 Å². The first-order valence-corrected chi connectivity index (χ1v) is 16.2. The number of nitrogens with zero attached hydrogens (tertiary/aromatic N) is 2. The van der Waals surface area contributed by atoms with Gasteiger partial charge >= 0.3 is 0 Å². The van der Waals surface area contributed by atoms with Gasteiger partial charge in [-0.3, -0.25) is 19.2 Å². The highest BCUT2D eigenvalue weighted by Crippen LogP contribution is 2.22. The lowest BCUT2D eigenvalue weighted by Gasteiger charge is -2.23. The Balaban J connectivity index is 1.29. The van der Waals surface area contributed by atoms with E-state index in [1.165, 1.54) is 23.5 Å². The first kappa shape index (κ1) is 29.7. The molecule has 40 heavy (non-hydrogen) atoms. The molecule has 2 fully saturated rings. The molecule has 0 bridgehead atoms. The van der Waals surface area contributed by atoms with E-state index in [2.05, 4.69) is 10.6 Å². The van der Waals surface area contributed by atoms with Gasteiger partial charge in [0, 0.05) is 24.5 Å². The summed E-state index contributed by atoms with van der Waals surface area (Å²) in [5.41, 5.74) is 3.35. The first-order valence-electron chi connectivity index (χ1n) is 13.5. The molecule has 0 saturated carbocycles. The number of anilines is 2. The molecule has 8 nitrogen and oxygen atoms in total. The molecule has 4 rings (SSSR count). The van der Waals surface area contributed by atoms with Crippen LogP contribution in [-0.4, -0.2) is 82.6 Å². The van der Waals surface area contributed by atoms with Gasteiger partial charge in [-0.25, -0.2) is 0 Å². The van der Waals surface area contributed by atoms with Gasteiger partial charge < -0.3 is 20.4 Å². The van der Waals surface area contributed by atoms with Crippen molar-refractivity contribution in [2.45, 2.75) is 37.8 Å². The van der Waals surface area contributed by atoms with Gasteiger partial charge in [0.05, 0.1) is 11.5 Å². The highest BCUT2D eigenvalue weighted by molar-refractivity contribution is 7.99. The minimum Gasteiger partial charge on any atom is -0.330 e. The Morgan fingerprint density at radius 1 is 0.700 bits per heavy atom. The Labute approximate surface area is 244 Å². The molecular weight excluding hydrogens is 544 g/mol. The number of carbonyl (C=O) groups is 4. The van der Waals surface area contributed by atoms with Crippen molar-refractivity contribution in [3.8, 4) is 0 Å². The van der Waals surface area contributed by atoms with Crippen molar-refractivity contribution < 1.29 is 19.2 Å². The zero-order valence-corrected chi connectivity index (χ0v) is 24.6. The predicted octanol–water partition coefficient (Wildman–Crippen LogP) is 4.44. The van der Waals surface area contributed by atoms with Gasteiger partial charge in [-0.2, -0.15) is 23.5 Å². The van der Waals surface area contributed by atoms with E-state index >= 15 is 0 Å². The van der Waals surface area contributed by atoms with E-state index in [4.69, 9.17) is 0 Å². The number of thioether (sulfide) groups is 2. The van der Waals surface area contributed by atoms with E-state index < -0.39 is 12.1 Å². The number of likely N-dealkylation sites (tertiary alicyclic amines) is 2. The molecule has 0 radical (unpaired) electrons. The highest BCUT2D eigenvalue weighted by atomic mass is 32.2. The highest BCUT2D eigenvalue weighted by Gasteiger charge is 2.34. The lowest BCUT2D eigenvalue weighted by molar-refractivity contribution is -0.134. The summed E-state index contributed by atoms with van der Waals surface area (Å²) in [6, 6.07) is 14.3. The van der Waals surface area contributed by atoms with Crippen LogP contribution in [0.4, 0.5) is 11.4 Å². The molecule has 0 unspecified atom stereocenters. The van der Waals surface area contributed by atoms with E-state index in [1.807, 2.05) is 73.2 Å². The van der Waals surface area contributed by atoms with Crippen molar-refractivity contribution in [2.75, 3.05) is 47.7 Å². The molecule has 212 valence electrons. The molecule has 0 aromatic heterocycles. The van der Waals surface area contributed by atoms with Crippen molar-refractivity contribution in [3.05, 3.63) is 59.7 Å². The van der Waals surface area contributed by atoms with Crippen LogP contribution in [0.1, 0.15) is 36.8 Å². The molecule has 0 spiro atoms. The molecule has 0 aliphatic carbocycles. The summed E-state index contributed by atoms with van der Waals surface area (Å²) >= 11 is 2.94. The second-order valence-corrected chi connectivity index (χ2v) is 11.6. The standard InChI is InChI=1S/C30H36N4O4S2/c1-39-19-27(35)33-17-3-5-25(33)29(37)31-23-13-9-21(10-14-23)7-8-22-11-15-24(16-12-22)32-30(38)26-6-4-18-34(26)28(36)20-40-2/h7-16,25-26H,3-6,17-20H2,1-2H3,(H,31,37)(H,32,38)/b8-7+/t25-,26-/m0/s1. The molecule has 2 aromatic carbocycles. The van der Waals surface area contributed by atoms with Gasteiger partial charge in [0.2, 0.25) is 23.6 Å². The van der Waals surface area contributed by atoms with Gasteiger partial charge in [-0.15, -0.1) is 0 Å². The maximum Gasteiger partial charge on any atom is 0.247 e. The molecule has 2 aliphatic heterocycles. The topological polar surface area (TPSA) is 98.8 Å². The summed E-state index contributed by atoms with van der Waals surface area (Å²) in [5.74, 6) is 0.521. The van der Waals surface area contributed by atoms with Gasteiger partial charge in [0.1, 0.15) is 12.1 Å². The number of rotatable bonds is 10.